The highest BCUT2D eigenvalue weighted by Gasteiger charge is 2.58. The van der Waals surface area contributed by atoms with Crippen molar-refractivity contribution in [2.45, 2.75) is 57.8 Å². The zero-order chi connectivity index (χ0) is 46.3. The Morgan fingerprint density at radius 2 is 1.08 bits per heavy atom. The second-order valence-corrected chi connectivity index (χ2v) is 14.5. The molecule has 0 radical (unpaired) electrons. The van der Waals surface area contributed by atoms with Gasteiger partial charge in [-0.1, -0.05) is 62.0 Å². The predicted molar refractivity (Wildman–Crippen MR) is 228 cm³/mol. The van der Waals surface area contributed by atoms with Crippen LogP contribution in [0, 0.1) is 24.4 Å². The highest BCUT2D eigenvalue weighted by atomic mass is 19.3. The molecule has 342 valence electrons. The number of alkyl halides is 4. The normalized spacial score (nSPS) is 13.4. The SMILES string of the molecule is C.CCOc1ccc(-c2ccc(C(F)(F)C(O)(CN)c3ccc(F)cc3F)nc2)cc1.CCOc1ccc(-c2ccc(C(F)(F)[C@](O)(Cn3cnnn3)c3ccc(C)cc3F)nc2)cc1. The first-order valence-corrected chi connectivity index (χ1v) is 19.7. The van der Waals surface area contributed by atoms with E-state index in [1.165, 1.54) is 30.6 Å². The molecular formula is C47H46F7N7O4. The summed E-state index contributed by atoms with van der Waals surface area (Å²) in [4.78, 5) is 7.71. The second-order valence-electron chi connectivity index (χ2n) is 14.5. The molecular weight excluding hydrogens is 860 g/mol. The van der Waals surface area contributed by atoms with Gasteiger partial charge in [-0.2, -0.15) is 17.6 Å². The lowest BCUT2D eigenvalue weighted by atomic mass is 9.84. The largest absolute Gasteiger partial charge is 0.494 e. The number of tetrazole rings is 1. The van der Waals surface area contributed by atoms with Gasteiger partial charge >= 0.3 is 11.8 Å². The first-order valence-electron chi connectivity index (χ1n) is 19.7. The smallest absolute Gasteiger partial charge is 0.323 e. The average molecular weight is 906 g/mol. The number of aryl methyl sites for hydroxylation is 1. The molecule has 7 aromatic rings. The van der Waals surface area contributed by atoms with E-state index in [0.717, 1.165) is 58.5 Å². The lowest BCUT2D eigenvalue weighted by molar-refractivity contribution is -0.207. The average Bonchev–Trinajstić information content (AvgIpc) is 3.80. The molecule has 3 aromatic heterocycles. The van der Waals surface area contributed by atoms with Crippen molar-refractivity contribution in [3.63, 3.8) is 0 Å². The number of ether oxygens (including phenoxy) is 2. The summed E-state index contributed by atoms with van der Waals surface area (Å²) in [6.45, 7) is 4.59. The molecule has 4 aromatic carbocycles. The molecule has 0 saturated carbocycles. The Morgan fingerprint density at radius 3 is 1.49 bits per heavy atom. The zero-order valence-electron chi connectivity index (χ0n) is 34.6. The monoisotopic (exact) mass is 905 g/mol. The summed E-state index contributed by atoms with van der Waals surface area (Å²) in [6, 6.07) is 24.7. The predicted octanol–water partition coefficient (Wildman–Crippen LogP) is 9.26. The van der Waals surface area contributed by atoms with Crippen LogP contribution in [0.4, 0.5) is 30.7 Å². The zero-order valence-corrected chi connectivity index (χ0v) is 34.6. The van der Waals surface area contributed by atoms with Crippen molar-refractivity contribution in [3.8, 4) is 33.8 Å². The molecule has 65 heavy (non-hydrogen) atoms. The van der Waals surface area contributed by atoms with Gasteiger partial charge in [0, 0.05) is 47.3 Å². The molecule has 11 nitrogen and oxygen atoms in total. The summed E-state index contributed by atoms with van der Waals surface area (Å²) < 4.78 is 116. The van der Waals surface area contributed by atoms with Gasteiger partial charge in [-0.05, 0) is 96.4 Å². The number of aromatic nitrogens is 6. The van der Waals surface area contributed by atoms with Crippen LogP contribution in [0.25, 0.3) is 22.3 Å². The fraction of sp³-hybridized carbons (Fsp3) is 0.255. The molecule has 0 amide bonds. The van der Waals surface area contributed by atoms with Crippen molar-refractivity contribution >= 4 is 0 Å². The molecule has 0 aliphatic carbocycles. The van der Waals surface area contributed by atoms with Gasteiger partial charge in [0.25, 0.3) is 0 Å². The Bertz CT molecular complexity index is 2620. The maximum atomic E-state index is 15.9. The minimum absolute atomic E-state index is 0. The van der Waals surface area contributed by atoms with Gasteiger partial charge in [0.2, 0.25) is 0 Å². The fourth-order valence-electron chi connectivity index (χ4n) is 6.77. The first kappa shape index (κ1) is 49.3. The Balaban J connectivity index is 0.000000242. The van der Waals surface area contributed by atoms with E-state index < -0.39 is 76.1 Å². The van der Waals surface area contributed by atoms with Gasteiger partial charge in [-0.15, -0.1) is 5.10 Å². The van der Waals surface area contributed by atoms with Gasteiger partial charge in [-0.25, -0.2) is 17.9 Å². The van der Waals surface area contributed by atoms with E-state index in [4.69, 9.17) is 15.2 Å². The third-order valence-corrected chi connectivity index (χ3v) is 10.2. The highest BCUT2D eigenvalue weighted by molar-refractivity contribution is 5.64. The van der Waals surface area contributed by atoms with Gasteiger partial charge in [0.05, 0.1) is 19.8 Å². The molecule has 18 heteroatoms. The second kappa shape index (κ2) is 20.4. The number of hydrogen-bond donors (Lipinski definition) is 3. The van der Waals surface area contributed by atoms with E-state index >= 15 is 17.6 Å². The standard InChI is InChI=1S/C24H22F3N5O2.C22H20F4N2O2.CH4/c1-3-34-19-8-5-17(6-9-19)18-7-11-22(28-13-18)24(26,27)23(33,14-32-15-29-30-31-32)20-10-4-16(2)12-21(20)25;1-2-30-17-7-3-14(4-8-17)15-5-10-20(28-12-15)22(25,26)21(29,13-27)18-9-6-16(23)11-19(18)24;/h4-13,15,33H,3,14H2,1-2H3;3-12,29H,2,13,27H2,1H3;1H4/t23-;;/m0../s1. The van der Waals surface area contributed by atoms with Crippen LogP contribution in [0.3, 0.4) is 0 Å². The van der Waals surface area contributed by atoms with Gasteiger partial charge in [0.15, 0.2) is 11.2 Å². The molecule has 0 bridgehead atoms. The molecule has 3 heterocycles. The minimum Gasteiger partial charge on any atom is -0.494 e. The van der Waals surface area contributed by atoms with Gasteiger partial charge in [-0.3, -0.25) is 9.97 Å². The van der Waals surface area contributed by atoms with E-state index in [1.54, 1.807) is 55.5 Å². The summed E-state index contributed by atoms with van der Waals surface area (Å²) in [5.74, 6) is -9.93. The van der Waals surface area contributed by atoms with Crippen molar-refractivity contribution < 1.29 is 50.4 Å². The number of pyridine rings is 2. The van der Waals surface area contributed by atoms with Crippen LogP contribution >= 0.6 is 0 Å². The van der Waals surface area contributed by atoms with Crippen LogP contribution < -0.4 is 15.2 Å². The minimum atomic E-state index is -4.04. The fourth-order valence-corrected chi connectivity index (χ4v) is 6.77. The molecule has 7 rings (SSSR count). The molecule has 0 fully saturated rings. The van der Waals surface area contributed by atoms with E-state index in [9.17, 15) is 23.4 Å². The van der Waals surface area contributed by atoms with Crippen LogP contribution in [-0.2, 0) is 29.6 Å². The van der Waals surface area contributed by atoms with E-state index in [-0.39, 0.29) is 7.43 Å². The maximum absolute atomic E-state index is 15.9. The molecule has 0 aliphatic heterocycles. The van der Waals surface area contributed by atoms with E-state index in [1.807, 2.05) is 13.8 Å². The molecule has 0 spiro atoms. The number of halogens is 7. The number of aliphatic hydroxyl groups is 2. The van der Waals surface area contributed by atoms with Gasteiger partial charge < -0.3 is 25.4 Å². The lowest BCUT2D eigenvalue weighted by Crippen LogP contribution is -2.50. The summed E-state index contributed by atoms with van der Waals surface area (Å²) in [5.41, 5.74) is -0.514. The molecule has 2 atom stereocenters. The summed E-state index contributed by atoms with van der Waals surface area (Å²) in [5, 5.41) is 32.3. The summed E-state index contributed by atoms with van der Waals surface area (Å²) >= 11 is 0. The Labute approximate surface area is 370 Å². The number of rotatable bonds is 15. The van der Waals surface area contributed by atoms with Crippen LogP contribution in [-0.4, -0.2) is 60.1 Å². The molecule has 4 N–H and O–H groups in total. The van der Waals surface area contributed by atoms with Crippen molar-refractivity contribution in [1.29, 1.82) is 0 Å². The third kappa shape index (κ3) is 10.3. The van der Waals surface area contributed by atoms with E-state index in [0.29, 0.717) is 47.5 Å². The summed E-state index contributed by atoms with van der Waals surface area (Å²) in [6.07, 6.45) is 3.56. The topological polar surface area (TPSA) is 154 Å². The maximum Gasteiger partial charge on any atom is 0.323 e. The van der Waals surface area contributed by atoms with Crippen LogP contribution in [0.15, 0.2) is 128 Å². The molecule has 1 unspecified atom stereocenters. The van der Waals surface area contributed by atoms with Crippen molar-refractivity contribution in [3.05, 3.63) is 173 Å². The van der Waals surface area contributed by atoms with Crippen LogP contribution in [0.1, 0.15) is 49.4 Å². The van der Waals surface area contributed by atoms with Crippen LogP contribution in [0.2, 0.25) is 0 Å². The van der Waals surface area contributed by atoms with E-state index in [2.05, 4.69) is 25.5 Å². The van der Waals surface area contributed by atoms with Crippen molar-refractivity contribution in [1.82, 2.24) is 30.2 Å². The third-order valence-electron chi connectivity index (χ3n) is 10.2. The first-order chi connectivity index (χ1) is 30.5. The Morgan fingerprint density at radius 1 is 0.615 bits per heavy atom. The number of nitrogens with zero attached hydrogens (tertiary/aromatic N) is 6. The summed E-state index contributed by atoms with van der Waals surface area (Å²) in [7, 11) is 0. The number of nitrogens with two attached hydrogens (primary N) is 1. The number of hydrogen-bond acceptors (Lipinski definition) is 10. The number of benzene rings is 4. The Kier molecular flexibility index (Phi) is 15.4. The molecule has 0 aliphatic rings. The van der Waals surface area contributed by atoms with Crippen LogP contribution in [0.5, 0.6) is 11.5 Å². The Hall–Kier alpha value is -6.76. The quantitative estimate of drug-likeness (QED) is 0.0849. The lowest BCUT2D eigenvalue weighted by Gasteiger charge is -2.35. The molecule has 0 saturated heterocycles. The van der Waals surface area contributed by atoms with Crippen molar-refractivity contribution in [2.24, 2.45) is 5.73 Å². The van der Waals surface area contributed by atoms with Crippen molar-refractivity contribution in [2.75, 3.05) is 19.8 Å². The van der Waals surface area contributed by atoms with Gasteiger partial charge in [0.1, 0.15) is 46.7 Å². The highest BCUT2D eigenvalue weighted by Crippen LogP contribution is 2.48.